The van der Waals surface area contributed by atoms with Crippen molar-refractivity contribution >= 4 is 23.3 Å². The number of carbonyl (C=O) groups excluding carboxylic acids is 1. The summed E-state index contributed by atoms with van der Waals surface area (Å²) in [6, 6.07) is 9.29. The van der Waals surface area contributed by atoms with Gasteiger partial charge in [-0.15, -0.1) is 0 Å². The molecule has 5 nitrogen and oxygen atoms in total. The minimum absolute atomic E-state index is 0.0972. The third-order valence-electron chi connectivity index (χ3n) is 3.77. The molecule has 124 valence electrons. The van der Waals surface area contributed by atoms with E-state index in [9.17, 15) is 9.18 Å². The fourth-order valence-electron chi connectivity index (χ4n) is 2.53. The number of halogens is 2. The second-order valence-electron chi connectivity index (χ2n) is 5.44. The number of benzene rings is 1. The number of nitrogens with zero attached hydrogens (tertiary/aromatic N) is 2. The Balaban J connectivity index is 1.73. The van der Waals surface area contributed by atoms with Crippen LogP contribution in [0.5, 0.6) is 0 Å². The van der Waals surface area contributed by atoms with Gasteiger partial charge in [-0.2, -0.15) is 0 Å². The molecule has 1 aliphatic heterocycles. The van der Waals surface area contributed by atoms with Crippen LogP contribution in [0.15, 0.2) is 54.0 Å². The first-order valence-electron chi connectivity index (χ1n) is 7.44. The first-order valence-corrected chi connectivity index (χ1v) is 7.82. The van der Waals surface area contributed by atoms with Crippen molar-refractivity contribution in [2.24, 2.45) is 5.73 Å². The molecule has 0 spiro atoms. The molecule has 7 heteroatoms. The Morgan fingerprint density at radius 2 is 2.17 bits per heavy atom. The molecule has 2 aromatic rings. The van der Waals surface area contributed by atoms with Crippen molar-refractivity contribution in [3.05, 3.63) is 70.4 Å². The zero-order valence-electron chi connectivity index (χ0n) is 12.8. The van der Waals surface area contributed by atoms with E-state index < -0.39 is 5.82 Å². The Labute approximate surface area is 143 Å². The number of hydrogen-bond acceptors (Lipinski definition) is 4. The van der Waals surface area contributed by atoms with Gasteiger partial charge in [0.2, 0.25) is 0 Å². The molecule has 1 amide bonds. The number of nitrogens with one attached hydrogen (secondary N) is 1. The van der Waals surface area contributed by atoms with Crippen LogP contribution in [0.1, 0.15) is 16.8 Å². The predicted molar refractivity (Wildman–Crippen MR) is 91.0 cm³/mol. The van der Waals surface area contributed by atoms with Crippen molar-refractivity contribution in [2.75, 3.05) is 18.4 Å². The second-order valence-corrected chi connectivity index (χ2v) is 5.85. The number of aromatic nitrogens is 1. The molecular formula is C17H16ClFN4O. The summed E-state index contributed by atoms with van der Waals surface area (Å²) in [5, 5.41) is 3.28. The molecule has 0 atom stereocenters. The molecular weight excluding hydrogens is 331 g/mol. The van der Waals surface area contributed by atoms with Gasteiger partial charge < -0.3 is 16.0 Å². The topological polar surface area (TPSA) is 71.2 Å². The number of amides is 1. The molecule has 0 saturated carbocycles. The van der Waals surface area contributed by atoms with Crippen LogP contribution in [0.4, 0.5) is 10.2 Å². The predicted octanol–water partition coefficient (Wildman–Crippen LogP) is 3.00. The summed E-state index contributed by atoms with van der Waals surface area (Å²) in [5.74, 6) is -0.0342. The van der Waals surface area contributed by atoms with Gasteiger partial charge in [-0.25, -0.2) is 9.37 Å². The van der Waals surface area contributed by atoms with Crippen LogP contribution >= 0.6 is 11.6 Å². The van der Waals surface area contributed by atoms with E-state index in [1.54, 1.807) is 11.1 Å². The lowest BCUT2D eigenvalue weighted by molar-refractivity contribution is 0.0763. The highest BCUT2D eigenvalue weighted by Gasteiger charge is 2.24. The summed E-state index contributed by atoms with van der Waals surface area (Å²) in [6.45, 7) is 0.768. The van der Waals surface area contributed by atoms with Crippen molar-refractivity contribution in [3.63, 3.8) is 0 Å². The van der Waals surface area contributed by atoms with Crippen LogP contribution in [0.3, 0.4) is 0 Å². The highest BCUT2D eigenvalue weighted by molar-refractivity contribution is 6.33. The van der Waals surface area contributed by atoms with Crippen LogP contribution in [-0.2, 0) is 0 Å². The van der Waals surface area contributed by atoms with E-state index in [1.807, 2.05) is 18.2 Å². The largest absolute Gasteiger partial charge is 0.399 e. The second kappa shape index (κ2) is 6.88. The standard InChI is InChI=1S/C17H16ClFN4O/c18-13-9-11(19)4-5-12(13)17(24)23-8-6-15(14(20)10-23)22-16-3-1-2-7-21-16/h1-5,7,9H,6,8,10,20H2,(H,21,22). The molecule has 3 rings (SSSR count). The fraction of sp³-hybridized carbons (Fsp3) is 0.176. The summed E-state index contributed by atoms with van der Waals surface area (Å²) < 4.78 is 13.1. The van der Waals surface area contributed by atoms with E-state index in [4.69, 9.17) is 17.3 Å². The van der Waals surface area contributed by atoms with Gasteiger partial charge >= 0.3 is 0 Å². The molecule has 0 unspecified atom stereocenters. The number of nitrogens with two attached hydrogens (primary N) is 1. The van der Waals surface area contributed by atoms with Crippen molar-refractivity contribution in [1.29, 1.82) is 0 Å². The van der Waals surface area contributed by atoms with Crippen LogP contribution in [0.2, 0.25) is 5.02 Å². The van der Waals surface area contributed by atoms with Gasteiger partial charge in [0.25, 0.3) is 5.91 Å². The van der Waals surface area contributed by atoms with Crippen LogP contribution in [0.25, 0.3) is 0 Å². The minimum atomic E-state index is -0.476. The fourth-order valence-corrected chi connectivity index (χ4v) is 2.78. The summed E-state index contributed by atoms with van der Waals surface area (Å²) in [7, 11) is 0. The molecule has 2 heterocycles. The average Bonchev–Trinajstić information content (AvgIpc) is 2.57. The van der Waals surface area contributed by atoms with Gasteiger partial charge in [-0.1, -0.05) is 17.7 Å². The van der Waals surface area contributed by atoms with Gasteiger partial charge in [0.1, 0.15) is 11.6 Å². The smallest absolute Gasteiger partial charge is 0.255 e. The van der Waals surface area contributed by atoms with E-state index >= 15 is 0 Å². The van der Waals surface area contributed by atoms with Crippen molar-refractivity contribution < 1.29 is 9.18 Å². The number of pyridine rings is 1. The van der Waals surface area contributed by atoms with Crippen molar-refractivity contribution in [3.8, 4) is 0 Å². The Kier molecular flexibility index (Phi) is 4.66. The van der Waals surface area contributed by atoms with Gasteiger partial charge in [0.15, 0.2) is 0 Å². The van der Waals surface area contributed by atoms with Gasteiger partial charge in [-0.3, -0.25) is 4.79 Å². The summed E-state index contributed by atoms with van der Waals surface area (Å²) in [5.41, 5.74) is 7.79. The number of carbonyl (C=O) groups is 1. The lowest BCUT2D eigenvalue weighted by Crippen LogP contribution is -2.40. The first kappa shape index (κ1) is 16.3. The van der Waals surface area contributed by atoms with Gasteiger partial charge in [-0.05, 0) is 30.3 Å². The average molecular weight is 347 g/mol. The molecule has 1 aliphatic rings. The molecule has 1 aromatic carbocycles. The maximum atomic E-state index is 13.1. The molecule has 0 aliphatic carbocycles. The highest BCUT2D eigenvalue weighted by Crippen LogP contribution is 2.22. The van der Waals surface area contributed by atoms with E-state index in [0.717, 1.165) is 11.8 Å². The van der Waals surface area contributed by atoms with Crippen LogP contribution < -0.4 is 11.1 Å². The lowest BCUT2D eigenvalue weighted by atomic mass is 10.1. The van der Waals surface area contributed by atoms with Gasteiger partial charge in [0, 0.05) is 30.6 Å². The first-order chi connectivity index (χ1) is 11.5. The number of rotatable bonds is 3. The maximum Gasteiger partial charge on any atom is 0.255 e. The molecule has 0 bridgehead atoms. The Bertz CT molecular complexity index is 794. The van der Waals surface area contributed by atoms with E-state index in [2.05, 4.69) is 10.3 Å². The Hall–Kier alpha value is -2.60. The monoisotopic (exact) mass is 346 g/mol. The lowest BCUT2D eigenvalue weighted by Gasteiger charge is -2.30. The molecule has 1 aromatic heterocycles. The van der Waals surface area contributed by atoms with E-state index in [1.165, 1.54) is 12.1 Å². The zero-order chi connectivity index (χ0) is 17.1. The third kappa shape index (κ3) is 3.49. The van der Waals surface area contributed by atoms with Crippen molar-refractivity contribution in [1.82, 2.24) is 9.88 Å². The van der Waals surface area contributed by atoms with E-state index in [-0.39, 0.29) is 23.0 Å². The normalized spacial score (nSPS) is 14.7. The molecule has 24 heavy (non-hydrogen) atoms. The SMILES string of the molecule is NC1=C(Nc2ccccn2)CCN(C(=O)c2ccc(F)cc2Cl)C1. The third-order valence-corrected chi connectivity index (χ3v) is 4.09. The minimum Gasteiger partial charge on any atom is -0.399 e. The maximum absolute atomic E-state index is 13.1. The van der Waals surface area contributed by atoms with Gasteiger partial charge in [0.05, 0.1) is 17.1 Å². The zero-order valence-corrected chi connectivity index (χ0v) is 13.6. The number of hydrogen-bond donors (Lipinski definition) is 2. The Morgan fingerprint density at radius 1 is 1.33 bits per heavy atom. The molecule has 0 radical (unpaired) electrons. The summed E-state index contributed by atoms with van der Waals surface area (Å²) in [6.07, 6.45) is 2.27. The summed E-state index contributed by atoms with van der Waals surface area (Å²) >= 11 is 5.96. The number of anilines is 1. The van der Waals surface area contributed by atoms with Crippen LogP contribution in [0, 0.1) is 5.82 Å². The summed E-state index contributed by atoms with van der Waals surface area (Å²) in [4.78, 5) is 18.3. The van der Waals surface area contributed by atoms with Crippen LogP contribution in [-0.4, -0.2) is 28.9 Å². The molecule has 0 fully saturated rings. The quantitative estimate of drug-likeness (QED) is 0.896. The van der Waals surface area contributed by atoms with E-state index in [0.29, 0.717) is 24.5 Å². The highest BCUT2D eigenvalue weighted by atomic mass is 35.5. The Morgan fingerprint density at radius 3 is 2.83 bits per heavy atom. The molecule has 0 saturated heterocycles. The van der Waals surface area contributed by atoms with Crippen molar-refractivity contribution in [2.45, 2.75) is 6.42 Å². The molecule has 3 N–H and O–H groups in total.